The van der Waals surface area contributed by atoms with Crippen LogP contribution in [0.15, 0.2) is 22.7 Å². The molecule has 1 saturated carbocycles. The number of benzene rings is 1. The van der Waals surface area contributed by atoms with Crippen LogP contribution in [0, 0.1) is 5.92 Å². The van der Waals surface area contributed by atoms with Crippen LogP contribution in [0.3, 0.4) is 0 Å². The van der Waals surface area contributed by atoms with E-state index in [9.17, 15) is 4.79 Å². The minimum atomic E-state index is -0.593. The first-order valence-electron chi connectivity index (χ1n) is 7.41. The fourth-order valence-corrected chi connectivity index (χ4v) is 3.81. The van der Waals surface area contributed by atoms with Crippen LogP contribution in [0.5, 0.6) is 5.75 Å². The minimum Gasteiger partial charge on any atom is -0.496 e. The molecular formula is C17H23BrO3. The molecule has 0 saturated heterocycles. The quantitative estimate of drug-likeness (QED) is 0.796. The van der Waals surface area contributed by atoms with Gasteiger partial charge in [0.2, 0.25) is 0 Å². The van der Waals surface area contributed by atoms with Gasteiger partial charge in [0.05, 0.1) is 11.6 Å². The molecule has 1 aliphatic carbocycles. The first kappa shape index (κ1) is 16.5. The van der Waals surface area contributed by atoms with Crippen molar-refractivity contribution in [1.29, 1.82) is 0 Å². The van der Waals surface area contributed by atoms with E-state index in [0.717, 1.165) is 35.0 Å². The largest absolute Gasteiger partial charge is 0.496 e. The van der Waals surface area contributed by atoms with Crippen molar-refractivity contribution in [2.45, 2.75) is 44.6 Å². The van der Waals surface area contributed by atoms with Crippen LogP contribution in [0.1, 0.15) is 38.2 Å². The zero-order chi connectivity index (χ0) is 15.5. The van der Waals surface area contributed by atoms with E-state index in [-0.39, 0.29) is 5.78 Å². The summed E-state index contributed by atoms with van der Waals surface area (Å²) in [4.78, 5) is 12.8. The average Bonchev–Trinajstić information content (AvgIpc) is 2.47. The van der Waals surface area contributed by atoms with Crippen molar-refractivity contribution in [2.75, 3.05) is 14.2 Å². The number of ether oxygens (including phenoxy) is 2. The molecule has 116 valence electrons. The van der Waals surface area contributed by atoms with Gasteiger partial charge >= 0.3 is 0 Å². The number of rotatable bonds is 5. The highest BCUT2D eigenvalue weighted by Gasteiger charge is 2.41. The van der Waals surface area contributed by atoms with Gasteiger partial charge in [-0.15, -0.1) is 0 Å². The molecule has 2 atom stereocenters. The maximum absolute atomic E-state index is 12.8. The summed E-state index contributed by atoms with van der Waals surface area (Å²) >= 11 is 3.47. The fraction of sp³-hybridized carbons (Fsp3) is 0.588. The Bertz CT molecular complexity index is 515. The SMILES string of the molecule is COc1ccc(CC(=O)C2(OC)CCCC(C)C2)cc1Br. The van der Waals surface area contributed by atoms with Crippen LogP contribution in [-0.2, 0) is 16.0 Å². The average molecular weight is 355 g/mol. The lowest BCUT2D eigenvalue weighted by atomic mass is 9.75. The predicted molar refractivity (Wildman–Crippen MR) is 86.8 cm³/mol. The van der Waals surface area contributed by atoms with Crippen molar-refractivity contribution in [1.82, 2.24) is 0 Å². The van der Waals surface area contributed by atoms with Crippen LogP contribution in [0.25, 0.3) is 0 Å². The Morgan fingerprint density at radius 1 is 1.43 bits per heavy atom. The van der Waals surface area contributed by atoms with Crippen molar-refractivity contribution < 1.29 is 14.3 Å². The monoisotopic (exact) mass is 354 g/mol. The first-order valence-corrected chi connectivity index (χ1v) is 8.21. The van der Waals surface area contributed by atoms with Gasteiger partial charge in [-0.25, -0.2) is 0 Å². The second kappa shape index (κ2) is 6.93. The molecule has 2 rings (SSSR count). The number of methoxy groups -OCH3 is 2. The summed E-state index contributed by atoms with van der Waals surface area (Å²) in [6.07, 6.45) is 4.33. The Kier molecular flexibility index (Phi) is 5.44. The first-order chi connectivity index (χ1) is 10.0. The maximum atomic E-state index is 12.8. The maximum Gasteiger partial charge on any atom is 0.168 e. The van der Waals surface area contributed by atoms with Crippen LogP contribution in [-0.4, -0.2) is 25.6 Å². The third-order valence-electron chi connectivity index (χ3n) is 4.44. The summed E-state index contributed by atoms with van der Waals surface area (Å²) in [5.41, 5.74) is 0.395. The van der Waals surface area contributed by atoms with Crippen molar-refractivity contribution >= 4 is 21.7 Å². The van der Waals surface area contributed by atoms with Gasteiger partial charge in [-0.2, -0.15) is 0 Å². The van der Waals surface area contributed by atoms with E-state index in [1.165, 1.54) is 6.42 Å². The van der Waals surface area contributed by atoms with E-state index in [2.05, 4.69) is 22.9 Å². The van der Waals surface area contributed by atoms with E-state index in [0.29, 0.717) is 12.3 Å². The van der Waals surface area contributed by atoms with Gasteiger partial charge in [0.15, 0.2) is 5.78 Å². The number of Topliss-reactive ketones (excluding diaryl/α,β-unsaturated/α-hetero) is 1. The standard InChI is InChI=1S/C17H23BrO3/c1-12-5-4-8-17(11-12,21-3)16(19)10-13-6-7-15(20-2)14(18)9-13/h6-7,9,12H,4-5,8,10-11H2,1-3H3. The zero-order valence-electron chi connectivity index (χ0n) is 12.9. The van der Waals surface area contributed by atoms with Gasteiger partial charge in [-0.05, 0) is 58.8 Å². The van der Waals surface area contributed by atoms with Crippen LogP contribution < -0.4 is 4.74 Å². The third kappa shape index (κ3) is 3.67. The molecular weight excluding hydrogens is 332 g/mol. The number of halogens is 1. The molecule has 1 aromatic rings. The van der Waals surface area contributed by atoms with E-state index < -0.39 is 5.60 Å². The molecule has 0 bridgehead atoms. The highest BCUT2D eigenvalue weighted by Crippen LogP contribution is 2.36. The molecule has 0 aromatic heterocycles. The van der Waals surface area contributed by atoms with Crippen molar-refractivity contribution in [3.63, 3.8) is 0 Å². The number of hydrogen-bond donors (Lipinski definition) is 0. The molecule has 1 aromatic carbocycles. The Hall–Kier alpha value is -0.870. The summed E-state index contributed by atoms with van der Waals surface area (Å²) in [5.74, 6) is 1.51. The number of hydrogen-bond acceptors (Lipinski definition) is 3. The summed E-state index contributed by atoms with van der Waals surface area (Å²) < 4.78 is 11.8. The molecule has 1 aliphatic rings. The van der Waals surface area contributed by atoms with E-state index in [1.807, 2.05) is 18.2 Å². The van der Waals surface area contributed by atoms with E-state index >= 15 is 0 Å². The molecule has 0 spiro atoms. The highest BCUT2D eigenvalue weighted by molar-refractivity contribution is 9.10. The summed E-state index contributed by atoms with van der Waals surface area (Å²) in [7, 11) is 3.30. The molecule has 4 heteroatoms. The van der Waals surface area contributed by atoms with E-state index in [1.54, 1.807) is 14.2 Å². The summed E-state index contributed by atoms with van der Waals surface area (Å²) in [6, 6.07) is 5.78. The Labute approximate surface area is 135 Å². The molecule has 1 fully saturated rings. The van der Waals surface area contributed by atoms with Gasteiger partial charge in [0.25, 0.3) is 0 Å². The minimum absolute atomic E-state index is 0.189. The van der Waals surface area contributed by atoms with Crippen molar-refractivity contribution in [3.8, 4) is 5.75 Å². The molecule has 2 unspecified atom stereocenters. The van der Waals surface area contributed by atoms with Gasteiger partial charge < -0.3 is 9.47 Å². The Morgan fingerprint density at radius 3 is 2.76 bits per heavy atom. The van der Waals surface area contributed by atoms with Crippen LogP contribution in [0.4, 0.5) is 0 Å². The molecule has 3 nitrogen and oxygen atoms in total. The number of carbonyl (C=O) groups is 1. The lowest BCUT2D eigenvalue weighted by Crippen LogP contribution is -2.45. The lowest BCUT2D eigenvalue weighted by Gasteiger charge is -2.37. The van der Waals surface area contributed by atoms with Crippen molar-refractivity contribution in [2.24, 2.45) is 5.92 Å². The van der Waals surface area contributed by atoms with Gasteiger partial charge in [0.1, 0.15) is 11.4 Å². The molecule has 21 heavy (non-hydrogen) atoms. The lowest BCUT2D eigenvalue weighted by molar-refractivity contribution is -0.146. The Morgan fingerprint density at radius 2 is 2.19 bits per heavy atom. The zero-order valence-corrected chi connectivity index (χ0v) is 14.5. The van der Waals surface area contributed by atoms with Crippen molar-refractivity contribution in [3.05, 3.63) is 28.2 Å². The second-order valence-corrected chi connectivity index (χ2v) is 6.82. The molecule has 0 aliphatic heterocycles. The molecule has 0 amide bonds. The summed E-state index contributed by atoms with van der Waals surface area (Å²) in [5, 5.41) is 0. The second-order valence-electron chi connectivity index (χ2n) is 5.97. The number of ketones is 1. The molecule has 0 heterocycles. The highest BCUT2D eigenvalue weighted by atomic mass is 79.9. The Balaban J connectivity index is 2.14. The number of carbonyl (C=O) groups excluding carboxylic acids is 1. The van der Waals surface area contributed by atoms with Gasteiger partial charge in [-0.1, -0.05) is 19.4 Å². The topological polar surface area (TPSA) is 35.5 Å². The predicted octanol–water partition coefficient (Wildman–Crippen LogP) is 4.16. The smallest absolute Gasteiger partial charge is 0.168 e. The fourth-order valence-electron chi connectivity index (χ4n) is 3.22. The van der Waals surface area contributed by atoms with Gasteiger partial charge in [0, 0.05) is 13.5 Å². The van der Waals surface area contributed by atoms with E-state index in [4.69, 9.17) is 9.47 Å². The summed E-state index contributed by atoms with van der Waals surface area (Å²) in [6.45, 7) is 2.20. The normalized spacial score (nSPS) is 25.6. The molecule has 0 N–H and O–H groups in total. The molecule has 0 radical (unpaired) electrons. The van der Waals surface area contributed by atoms with Gasteiger partial charge in [-0.3, -0.25) is 4.79 Å². The third-order valence-corrected chi connectivity index (χ3v) is 5.06. The van der Waals surface area contributed by atoms with Crippen LogP contribution >= 0.6 is 15.9 Å². The van der Waals surface area contributed by atoms with Crippen LogP contribution in [0.2, 0.25) is 0 Å².